The fourth-order valence-corrected chi connectivity index (χ4v) is 3.50. The lowest BCUT2D eigenvalue weighted by Gasteiger charge is -2.29. The van der Waals surface area contributed by atoms with Gasteiger partial charge in [-0.25, -0.2) is 14.4 Å². The van der Waals surface area contributed by atoms with Crippen LogP contribution in [-0.2, 0) is 6.18 Å². The van der Waals surface area contributed by atoms with E-state index >= 15 is 0 Å². The first-order chi connectivity index (χ1) is 16.9. The second-order valence-corrected chi connectivity index (χ2v) is 7.81. The molecule has 36 heavy (non-hydrogen) atoms. The third-order valence-corrected chi connectivity index (χ3v) is 5.45. The van der Waals surface area contributed by atoms with E-state index in [0.717, 1.165) is 18.5 Å². The van der Waals surface area contributed by atoms with Crippen molar-refractivity contribution in [2.45, 2.75) is 36.7 Å². The SMILES string of the molecule is COc1cc2c(Nc3ccc(F)cc3C(F)(F)F)ncnc2cc1C(O)[C@@H](O)[C@H](O)[C@@H](O)[C@H](O)CO. The third-order valence-electron chi connectivity index (χ3n) is 5.45. The molecule has 3 aromatic rings. The lowest BCUT2D eigenvalue weighted by Crippen LogP contribution is -2.47. The average molecular weight is 517 g/mol. The number of alkyl halides is 3. The molecule has 10 nitrogen and oxygen atoms in total. The number of ether oxygens (including phenoxy) is 1. The number of rotatable bonds is 9. The Labute approximate surface area is 201 Å². The molecule has 196 valence electrons. The van der Waals surface area contributed by atoms with Crippen LogP contribution in [-0.4, -0.2) is 78.7 Å². The van der Waals surface area contributed by atoms with Crippen LogP contribution in [0.4, 0.5) is 29.1 Å². The molecule has 0 aliphatic heterocycles. The van der Waals surface area contributed by atoms with Crippen molar-refractivity contribution >= 4 is 22.4 Å². The molecule has 5 atom stereocenters. The maximum absolute atomic E-state index is 13.5. The summed E-state index contributed by atoms with van der Waals surface area (Å²) >= 11 is 0. The van der Waals surface area contributed by atoms with Gasteiger partial charge in [-0.2, -0.15) is 13.2 Å². The molecule has 1 heterocycles. The molecule has 2 aromatic carbocycles. The van der Waals surface area contributed by atoms with E-state index in [9.17, 15) is 43.1 Å². The Morgan fingerprint density at radius 3 is 2.28 bits per heavy atom. The zero-order valence-electron chi connectivity index (χ0n) is 18.6. The summed E-state index contributed by atoms with van der Waals surface area (Å²) in [5.41, 5.74) is -1.80. The highest BCUT2D eigenvalue weighted by molar-refractivity contribution is 5.92. The van der Waals surface area contributed by atoms with E-state index in [1.807, 2.05) is 0 Å². The fraction of sp³-hybridized carbons (Fsp3) is 0.364. The Bertz CT molecular complexity index is 1210. The Balaban J connectivity index is 2.02. The zero-order chi connectivity index (χ0) is 26.8. The van der Waals surface area contributed by atoms with E-state index in [4.69, 9.17) is 9.84 Å². The number of aliphatic hydroxyl groups is 6. The first-order valence-electron chi connectivity index (χ1n) is 10.4. The highest BCUT2D eigenvalue weighted by Crippen LogP contribution is 2.39. The standard InChI is InChI=1S/C22H23F4N3O7/c1-36-16-6-10-14(5-11(16)17(32)19(34)20(35)18(33)15(31)7-30)27-8-28-21(10)29-13-3-2-9(23)4-12(13)22(24,25)26/h2-6,8,15,17-20,30-35H,7H2,1H3,(H,27,28,29)/t15-,17?,18+,19-,20-/m1/s1. The minimum atomic E-state index is -4.87. The van der Waals surface area contributed by atoms with Gasteiger partial charge in [0, 0.05) is 10.9 Å². The van der Waals surface area contributed by atoms with Gasteiger partial charge in [0.15, 0.2) is 0 Å². The van der Waals surface area contributed by atoms with Crippen LogP contribution >= 0.6 is 0 Å². The Kier molecular flexibility index (Phi) is 8.28. The van der Waals surface area contributed by atoms with Gasteiger partial charge in [-0.1, -0.05) is 0 Å². The summed E-state index contributed by atoms with van der Waals surface area (Å²) < 4.78 is 58.9. The molecule has 14 heteroatoms. The minimum absolute atomic E-state index is 0.0793. The first kappa shape index (κ1) is 27.4. The third kappa shape index (κ3) is 5.64. The number of aromatic nitrogens is 2. The summed E-state index contributed by atoms with van der Waals surface area (Å²) in [6.45, 7) is -0.920. The predicted molar refractivity (Wildman–Crippen MR) is 117 cm³/mol. The molecule has 0 aliphatic carbocycles. The molecular weight excluding hydrogens is 494 g/mol. The molecule has 0 amide bonds. The van der Waals surface area contributed by atoms with E-state index in [0.29, 0.717) is 6.07 Å². The van der Waals surface area contributed by atoms with Gasteiger partial charge in [0.25, 0.3) is 0 Å². The van der Waals surface area contributed by atoms with Gasteiger partial charge in [0.2, 0.25) is 0 Å². The van der Waals surface area contributed by atoms with Crippen LogP contribution in [0.2, 0.25) is 0 Å². The van der Waals surface area contributed by atoms with Crippen LogP contribution in [0.5, 0.6) is 5.75 Å². The van der Waals surface area contributed by atoms with E-state index in [-0.39, 0.29) is 28.0 Å². The molecule has 0 aliphatic rings. The second-order valence-electron chi connectivity index (χ2n) is 7.81. The van der Waals surface area contributed by atoms with Crippen molar-refractivity contribution in [1.82, 2.24) is 9.97 Å². The molecule has 0 saturated heterocycles. The topological polar surface area (TPSA) is 168 Å². The van der Waals surface area contributed by atoms with Crippen LogP contribution in [0.3, 0.4) is 0 Å². The highest BCUT2D eigenvalue weighted by Gasteiger charge is 2.36. The summed E-state index contributed by atoms with van der Waals surface area (Å²) in [5, 5.41) is 61.9. The van der Waals surface area contributed by atoms with Gasteiger partial charge in [-0.15, -0.1) is 0 Å². The molecule has 0 radical (unpaired) electrons. The molecule has 3 rings (SSSR count). The first-order valence-corrected chi connectivity index (χ1v) is 10.4. The summed E-state index contributed by atoms with van der Waals surface area (Å²) in [4.78, 5) is 7.94. The Morgan fingerprint density at radius 1 is 0.972 bits per heavy atom. The largest absolute Gasteiger partial charge is 0.496 e. The van der Waals surface area contributed by atoms with Crippen molar-refractivity contribution in [1.29, 1.82) is 0 Å². The van der Waals surface area contributed by atoms with Crippen molar-refractivity contribution in [3.05, 3.63) is 53.6 Å². The van der Waals surface area contributed by atoms with Crippen LogP contribution in [0.15, 0.2) is 36.7 Å². The monoisotopic (exact) mass is 517 g/mol. The van der Waals surface area contributed by atoms with Gasteiger partial charge < -0.3 is 40.7 Å². The lowest BCUT2D eigenvalue weighted by atomic mass is 9.94. The molecule has 1 aromatic heterocycles. The molecule has 1 unspecified atom stereocenters. The van der Waals surface area contributed by atoms with Crippen molar-refractivity contribution in [2.75, 3.05) is 19.0 Å². The number of hydrogen-bond acceptors (Lipinski definition) is 10. The van der Waals surface area contributed by atoms with E-state index in [1.165, 1.54) is 19.2 Å². The Hall–Kier alpha value is -3.14. The number of aliphatic hydroxyl groups excluding tert-OH is 6. The predicted octanol–water partition coefficient (Wildman–Crippen LogP) is 1.01. The second kappa shape index (κ2) is 10.9. The van der Waals surface area contributed by atoms with Gasteiger partial charge in [-0.3, -0.25) is 0 Å². The number of hydrogen-bond donors (Lipinski definition) is 7. The maximum Gasteiger partial charge on any atom is 0.418 e. The average Bonchev–Trinajstić information content (AvgIpc) is 2.86. The lowest BCUT2D eigenvalue weighted by molar-refractivity contribution is -0.141. The van der Waals surface area contributed by atoms with Crippen molar-refractivity contribution in [3.8, 4) is 5.75 Å². The number of benzene rings is 2. The minimum Gasteiger partial charge on any atom is -0.496 e. The van der Waals surface area contributed by atoms with Crippen LogP contribution in [0.1, 0.15) is 17.2 Å². The normalized spacial score (nSPS) is 16.3. The van der Waals surface area contributed by atoms with Crippen molar-refractivity contribution < 1.29 is 52.9 Å². The Morgan fingerprint density at radius 2 is 1.67 bits per heavy atom. The van der Waals surface area contributed by atoms with E-state index in [1.54, 1.807) is 0 Å². The molecule has 7 N–H and O–H groups in total. The summed E-state index contributed by atoms with van der Waals surface area (Å²) in [7, 11) is 1.20. The maximum atomic E-state index is 13.5. The molecular formula is C22H23F4N3O7. The number of fused-ring (bicyclic) bond motifs is 1. The summed E-state index contributed by atoms with van der Waals surface area (Å²) in [5.74, 6) is -1.29. The number of nitrogens with zero attached hydrogens (tertiary/aromatic N) is 2. The van der Waals surface area contributed by atoms with Crippen LogP contribution in [0, 0.1) is 5.82 Å². The van der Waals surface area contributed by atoms with Crippen molar-refractivity contribution in [2.24, 2.45) is 0 Å². The quantitative estimate of drug-likeness (QED) is 0.204. The van der Waals surface area contributed by atoms with Crippen LogP contribution < -0.4 is 10.1 Å². The summed E-state index contributed by atoms with van der Waals surface area (Å²) in [6.07, 6.45) is -13.7. The molecule has 0 saturated carbocycles. The number of methoxy groups -OCH3 is 1. The van der Waals surface area contributed by atoms with Crippen LogP contribution in [0.25, 0.3) is 10.9 Å². The number of halogens is 4. The fourth-order valence-electron chi connectivity index (χ4n) is 3.50. The zero-order valence-corrected chi connectivity index (χ0v) is 18.6. The van der Waals surface area contributed by atoms with Gasteiger partial charge >= 0.3 is 6.18 Å². The van der Waals surface area contributed by atoms with Gasteiger partial charge in [0.05, 0.1) is 30.5 Å². The molecule has 0 fully saturated rings. The van der Waals surface area contributed by atoms with Gasteiger partial charge in [0.1, 0.15) is 54.2 Å². The molecule has 0 bridgehead atoms. The summed E-state index contributed by atoms with van der Waals surface area (Å²) in [6, 6.07) is 4.53. The smallest absolute Gasteiger partial charge is 0.418 e. The van der Waals surface area contributed by atoms with Crippen molar-refractivity contribution in [3.63, 3.8) is 0 Å². The number of anilines is 2. The van der Waals surface area contributed by atoms with E-state index < -0.39 is 60.4 Å². The molecule has 0 spiro atoms. The van der Waals surface area contributed by atoms with Gasteiger partial charge in [-0.05, 0) is 30.3 Å². The number of nitrogens with one attached hydrogen (secondary N) is 1. The highest BCUT2D eigenvalue weighted by atomic mass is 19.4. The van der Waals surface area contributed by atoms with E-state index in [2.05, 4.69) is 15.3 Å².